The van der Waals surface area contributed by atoms with Crippen molar-refractivity contribution in [1.82, 2.24) is 15.1 Å². The van der Waals surface area contributed by atoms with Crippen LogP contribution in [-0.4, -0.2) is 59.8 Å². The number of amides is 3. The maximum atomic E-state index is 14.1. The maximum absolute atomic E-state index is 14.1. The zero-order valence-corrected chi connectivity index (χ0v) is 27.8. The van der Waals surface area contributed by atoms with Crippen molar-refractivity contribution < 1.29 is 23.5 Å². The molecule has 0 aliphatic carbocycles. The molecular formula is C38H40ClN3O6. The molecule has 4 aromatic rings. The number of piperidine rings is 2. The highest BCUT2D eigenvalue weighted by atomic mass is 35.5. The highest BCUT2D eigenvalue weighted by Crippen LogP contribution is 2.32. The number of carbonyl (C=O) groups excluding carboxylic acids is 3. The van der Waals surface area contributed by atoms with Gasteiger partial charge in [-0.15, -0.1) is 0 Å². The van der Waals surface area contributed by atoms with E-state index in [1.165, 1.54) is 5.56 Å². The predicted molar refractivity (Wildman–Crippen MR) is 184 cm³/mol. The SMILES string of the molecule is CCOc1ccc2oc(C(=O)NC(Cc3ccc(Cl)cc3)C(=O)N3CCC(c4ccccc4CN4CCCCC4=O)CC3)cc(=O)c2c1. The lowest BCUT2D eigenvalue weighted by molar-refractivity contribution is -0.135. The highest BCUT2D eigenvalue weighted by Gasteiger charge is 2.32. The molecule has 1 unspecified atom stereocenters. The normalized spacial score (nSPS) is 16.2. The molecule has 3 heterocycles. The van der Waals surface area contributed by atoms with E-state index in [-0.39, 0.29) is 40.9 Å². The second-order valence-electron chi connectivity index (χ2n) is 12.5. The van der Waals surface area contributed by atoms with Gasteiger partial charge in [-0.2, -0.15) is 0 Å². The molecule has 10 heteroatoms. The minimum atomic E-state index is -0.894. The first kappa shape index (κ1) is 33.3. The molecule has 0 radical (unpaired) electrons. The van der Waals surface area contributed by atoms with E-state index in [1.54, 1.807) is 35.2 Å². The Hall–Kier alpha value is -4.63. The maximum Gasteiger partial charge on any atom is 0.287 e. The standard InChI is InChI=1S/C38H40ClN3O6/c1-2-47-29-14-15-34-31(22-29)33(43)23-35(48-34)37(45)40-32(21-25-10-12-28(39)13-11-25)38(46)41-19-16-26(17-20-41)30-8-4-3-7-27(30)24-42-18-6-5-9-36(42)44/h3-4,7-8,10-15,22-23,26,32H,2,5-6,9,16-21,24H2,1H3,(H,40,45). The van der Waals surface area contributed by atoms with Crippen LogP contribution in [0.2, 0.25) is 5.02 Å². The Bertz CT molecular complexity index is 1850. The average molecular weight is 670 g/mol. The van der Waals surface area contributed by atoms with E-state index in [1.807, 2.05) is 36.1 Å². The van der Waals surface area contributed by atoms with E-state index >= 15 is 0 Å². The topological polar surface area (TPSA) is 109 Å². The van der Waals surface area contributed by atoms with Crippen LogP contribution in [0.5, 0.6) is 5.75 Å². The van der Waals surface area contributed by atoms with Crippen molar-refractivity contribution >= 4 is 40.3 Å². The van der Waals surface area contributed by atoms with Crippen LogP contribution in [-0.2, 0) is 22.6 Å². The third-order valence-corrected chi connectivity index (χ3v) is 9.53. The number of fused-ring (bicyclic) bond motifs is 1. The molecule has 0 spiro atoms. The summed E-state index contributed by atoms with van der Waals surface area (Å²) in [5.74, 6) is -0.0197. The van der Waals surface area contributed by atoms with Gasteiger partial charge >= 0.3 is 0 Å². The molecule has 1 N–H and O–H groups in total. The number of benzene rings is 3. The van der Waals surface area contributed by atoms with Gasteiger partial charge in [0.1, 0.15) is 17.4 Å². The summed E-state index contributed by atoms with van der Waals surface area (Å²) >= 11 is 6.11. The Morgan fingerprint density at radius 2 is 1.75 bits per heavy atom. The van der Waals surface area contributed by atoms with E-state index in [4.69, 9.17) is 20.8 Å². The van der Waals surface area contributed by atoms with Gasteiger partial charge in [-0.1, -0.05) is 48.0 Å². The van der Waals surface area contributed by atoms with Crippen molar-refractivity contribution in [3.05, 3.63) is 110 Å². The van der Waals surface area contributed by atoms with Crippen LogP contribution in [0.3, 0.4) is 0 Å². The number of likely N-dealkylation sites (tertiary alicyclic amines) is 2. The van der Waals surface area contributed by atoms with E-state index in [0.29, 0.717) is 48.8 Å². The lowest BCUT2D eigenvalue weighted by atomic mass is 9.86. The van der Waals surface area contributed by atoms with Gasteiger partial charge in [0.05, 0.1) is 12.0 Å². The Balaban J connectivity index is 1.17. The van der Waals surface area contributed by atoms with E-state index in [0.717, 1.165) is 49.4 Å². The van der Waals surface area contributed by atoms with E-state index in [9.17, 15) is 19.2 Å². The van der Waals surface area contributed by atoms with Gasteiger partial charge in [0, 0.05) is 50.1 Å². The van der Waals surface area contributed by atoms with Gasteiger partial charge in [-0.25, -0.2) is 0 Å². The zero-order chi connectivity index (χ0) is 33.6. The molecule has 2 fully saturated rings. The van der Waals surface area contributed by atoms with Gasteiger partial charge < -0.3 is 24.3 Å². The fourth-order valence-electron chi connectivity index (χ4n) is 6.73. The molecule has 2 saturated heterocycles. The second-order valence-corrected chi connectivity index (χ2v) is 12.9. The molecule has 0 saturated carbocycles. The Kier molecular flexibility index (Phi) is 10.4. The molecule has 0 bridgehead atoms. The quantitative estimate of drug-likeness (QED) is 0.218. The Morgan fingerprint density at radius 1 is 0.979 bits per heavy atom. The number of halogens is 1. The lowest BCUT2D eigenvalue weighted by Gasteiger charge is -2.36. The first-order valence-electron chi connectivity index (χ1n) is 16.7. The summed E-state index contributed by atoms with van der Waals surface area (Å²) in [5, 5.41) is 3.74. The summed E-state index contributed by atoms with van der Waals surface area (Å²) in [4.78, 5) is 56.8. The van der Waals surface area contributed by atoms with Crippen LogP contribution in [0.1, 0.15) is 72.2 Å². The molecule has 9 nitrogen and oxygen atoms in total. The molecular weight excluding hydrogens is 630 g/mol. The Morgan fingerprint density at radius 3 is 2.50 bits per heavy atom. The molecule has 1 atom stereocenters. The van der Waals surface area contributed by atoms with Crippen molar-refractivity contribution in [2.45, 2.75) is 64.0 Å². The molecule has 1 aromatic heterocycles. The van der Waals surface area contributed by atoms with Crippen LogP contribution in [0.15, 0.2) is 82.0 Å². The number of ether oxygens (including phenoxy) is 1. The fourth-order valence-corrected chi connectivity index (χ4v) is 6.86. The first-order chi connectivity index (χ1) is 23.3. The minimum Gasteiger partial charge on any atom is -0.494 e. The van der Waals surface area contributed by atoms with Gasteiger partial charge in [0.15, 0.2) is 11.2 Å². The van der Waals surface area contributed by atoms with Crippen molar-refractivity contribution in [2.24, 2.45) is 0 Å². The summed E-state index contributed by atoms with van der Waals surface area (Å²) in [6.45, 7) is 4.76. The number of carbonyl (C=O) groups is 3. The minimum absolute atomic E-state index is 0.173. The number of rotatable bonds is 10. The smallest absolute Gasteiger partial charge is 0.287 e. The van der Waals surface area contributed by atoms with Gasteiger partial charge in [-0.05, 0) is 85.5 Å². The lowest BCUT2D eigenvalue weighted by Crippen LogP contribution is -2.51. The molecule has 6 rings (SSSR count). The summed E-state index contributed by atoms with van der Waals surface area (Å²) in [6, 6.07) is 20.6. The second kappa shape index (κ2) is 15.1. The third kappa shape index (κ3) is 7.73. The summed E-state index contributed by atoms with van der Waals surface area (Å²) < 4.78 is 11.3. The number of hydrogen-bond donors (Lipinski definition) is 1. The molecule has 2 aliphatic heterocycles. The van der Waals surface area contributed by atoms with E-state index in [2.05, 4.69) is 17.4 Å². The van der Waals surface area contributed by atoms with Crippen molar-refractivity contribution in [3.8, 4) is 5.75 Å². The highest BCUT2D eigenvalue weighted by molar-refractivity contribution is 6.30. The van der Waals surface area contributed by atoms with Crippen LogP contribution < -0.4 is 15.5 Å². The first-order valence-corrected chi connectivity index (χ1v) is 17.1. The molecule has 3 aromatic carbocycles. The zero-order valence-electron chi connectivity index (χ0n) is 27.1. The fraction of sp³-hybridized carbons (Fsp3) is 0.368. The van der Waals surface area contributed by atoms with E-state index < -0.39 is 11.9 Å². The van der Waals surface area contributed by atoms with Crippen LogP contribution in [0, 0.1) is 0 Å². The van der Waals surface area contributed by atoms with Crippen LogP contribution in [0.25, 0.3) is 11.0 Å². The summed E-state index contributed by atoms with van der Waals surface area (Å²) in [7, 11) is 0. The summed E-state index contributed by atoms with van der Waals surface area (Å²) in [6.07, 6.45) is 4.37. The van der Waals surface area contributed by atoms with Crippen LogP contribution >= 0.6 is 11.6 Å². The average Bonchev–Trinajstić information content (AvgIpc) is 3.10. The van der Waals surface area contributed by atoms with Crippen molar-refractivity contribution in [2.75, 3.05) is 26.2 Å². The van der Waals surface area contributed by atoms with Gasteiger partial charge in [0.25, 0.3) is 5.91 Å². The van der Waals surface area contributed by atoms with Gasteiger partial charge in [0.2, 0.25) is 11.8 Å². The van der Waals surface area contributed by atoms with Crippen LogP contribution in [0.4, 0.5) is 0 Å². The number of nitrogens with zero attached hydrogens (tertiary/aromatic N) is 2. The molecule has 3 amide bonds. The number of hydrogen-bond acceptors (Lipinski definition) is 6. The molecule has 48 heavy (non-hydrogen) atoms. The summed E-state index contributed by atoms with van der Waals surface area (Å²) in [5.41, 5.74) is 3.10. The monoisotopic (exact) mass is 669 g/mol. The Labute approximate surface area is 284 Å². The predicted octanol–water partition coefficient (Wildman–Crippen LogP) is 6.10. The van der Waals surface area contributed by atoms with Crippen molar-refractivity contribution in [3.63, 3.8) is 0 Å². The number of nitrogens with one attached hydrogen (secondary N) is 1. The van der Waals surface area contributed by atoms with Gasteiger partial charge in [-0.3, -0.25) is 19.2 Å². The molecule has 250 valence electrons. The molecule has 2 aliphatic rings. The van der Waals surface area contributed by atoms with Crippen molar-refractivity contribution in [1.29, 1.82) is 0 Å². The third-order valence-electron chi connectivity index (χ3n) is 9.27. The largest absolute Gasteiger partial charge is 0.494 e.